The van der Waals surface area contributed by atoms with Gasteiger partial charge >= 0.3 is 0 Å². The van der Waals surface area contributed by atoms with Crippen LogP contribution in [0.25, 0.3) is 0 Å². The van der Waals surface area contributed by atoms with Gasteiger partial charge in [0.2, 0.25) is 0 Å². The normalized spacial score (nSPS) is 15.5. The first-order valence-electron chi connectivity index (χ1n) is 6.74. The zero-order chi connectivity index (χ0) is 13.9. The second-order valence-electron chi connectivity index (χ2n) is 5.74. The third-order valence-corrected chi connectivity index (χ3v) is 3.45. The highest BCUT2D eigenvalue weighted by Crippen LogP contribution is 2.23. The maximum absolute atomic E-state index is 13.3. The van der Waals surface area contributed by atoms with Gasteiger partial charge in [-0.15, -0.1) is 24.0 Å². The standard InChI is InChI=1S/C15H22FN3.HI/c1-15(2,11-5-4-6-12(16)9-11)10-18-14(17-3)19-13-7-8-13;/h4-6,9,13H,7-8,10H2,1-3H3,(H2,17,18,19);1H. The van der Waals surface area contributed by atoms with Crippen LogP contribution in [-0.2, 0) is 5.41 Å². The average molecular weight is 391 g/mol. The number of aliphatic imine (C=N–C) groups is 1. The van der Waals surface area contributed by atoms with Gasteiger partial charge < -0.3 is 10.6 Å². The van der Waals surface area contributed by atoms with Gasteiger partial charge in [0.15, 0.2) is 5.96 Å². The van der Waals surface area contributed by atoms with E-state index in [9.17, 15) is 4.39 Å². The van der Waals surface area contributed by atoms with Crippen molar-refractivity contribution in [2.75, 3.05) is 13.6 Å². The van der Waals surface area contributed by atoms with Crippen LogP contribution in [-0.4, -0.2) is 25.6 Å². The molecule has 1 aromatic carbocycles. The smallest absolute Gasteiger partial charge is 0.191 e. The fraction of sp³-hybridized carbons (Fsp3) is 0.533. The van der Waals surface area contributed by atoms with E-state index in [1.807, 2.05) is 6.07 Å². The second-order valence-corrected chi connectivity index (χ2v) is 5.74. The number of hydrogen-bond acceptors (Lipinski definition) is 1. The molecule has 20 heavy (non-hydrogen) atoms. The van der Waals surface area contributed by atoms with Crippen LogP contribution in [0.1, 0.15) is 32.3 Å². The molecule has 5 heteroatoms. The Labute approximate surface area is 137 Å². The van der Waals surface area contributed by atoms with Gasteiger partial charge in [-0.05, 0) is 30.5 Å². The fourth-order valence-corrected chi connectivity index (χ4v) is 1.93. The summed E-state index contributed by atoms with van der Waals surface area (Å²) in [5.41, 5.74) is 0.838. The van der Waals surface area contributed by atoms with E-state index in [0.717, 1.165) is 11.5 Å². The summed E-state index contributed by atoms with van der Waals surface area (Å²) >= 11 is 0. The molecule has 1 aliphatic carbocycles. The van der Waals surface area contributed by atoms with E-state index in [2.05, 4.69) is 29.5 Å². The van der Waals surface area contributed by atoms with Crippen molar-refractivity contribution in [3.63, 3.8) is 0 Å². The summed E-state index contributed by atoms with van der Waals surface area (Å²) in [5, 5.41) is 6.66. The number of nitrogens with zero attached hydrogens (tertiary/aromatic N) is 1. The highest BCUT2D eigenvalue weighted by Gasteiger charge is 2.24. The molecule has 0 unspecified atom stereocenters. The molecule has 2 N–H and O–H groups in total. The summed E-state index contributed by atoms with van der Waals surface area (Å²) in [6.45, 7) is 4.90. The van der Waals surface area contributed by atoms with Crippen LogP contribution < -0.4 is 10.6 Å². The van der Waals surface area contributed by atoms with Crippen molar-refractivity contribution < 1.29 is 4.39 Å². The molecule has 112 valence electrons. The van der Waals surface area contributed by atoms with Crippen molar-refractivity contribution in [2.24, 2.45) is 4.99 Å². The highest BCUT2D eigenvalue weighted by molar-refractivity contribution is 14.0. The number of guanidine groups is 1. The van der Waals surface area contributed by atoms with E-state index in [1.54, 1.807) is 19.2 Å². The van der Waals surface area contributed by atoms with Crippen molar-refractivity contribution in [1.82, 2.24) is 10.6 Å². The summed E-state index contributed by atoms with van der Waals surface area (Å²) in [5.74, 6) is 0.637. The Balaban J connectivity index is 0.00000200. The minimum atomic E-state index is -0.189. The molecule has 0 heterocycles. The van der Waals surface area contributed by atoms with E-state index in [-0.39, 0.29) is 35.2 Å². The molecule has 1 fully saturated rings. The largest absolute Gasteiger partial charge is 0.356 e. The molecule has 0 aromatic heterocycles. The third kappa shape index (κ3) is 4.92. The van der Waals surface area contributed by atoms with E-state index < -0.39 is 0 Å². The highest BCUT2D eigenvalue weighted by atomic mass is 127. The molecule has 0 spiro atoms. The molecule has 0 aliphatic heterocycles. The van der Waals surface area contributed by atoms with Crippen LogP contribution in [0.2, 0.25) is 0 Å². The topological polar surface area (TPSA) is 36.4 Å². The quantitative estimate of drug-likeness (QED) is 0.470. The lowest BCUT2D eigenvalue weighted by atomic mass is 9.84. The Kier molecular flexibility index (Phi) is 6.23. The van der Waals surface area contributed by atoms with Crippen LogP contribution in [0.3, 0.4) is 0 Å². The van der Waals surface area contributed by atoms with Gasteiger partial charge in [0.05, 0.1) is 0 Å². The first kappa shape index (κ1) is 17.2. The summed E-state index contributed by atoms with van der Waals surface area (Å²) in [6, 6.07) is 7.36. The van der Waals surface area contributed by atoms with E-state index in [4.69, 9.17) is 0 Å². The zero-order valence-corrected chi connectivity index (χ0v) is 14.6. The first-order valence-corrected chi connectivity index (χ1v) is 6.74. The van der Waals surface area contributed by atoms with Crippen molar-refractivity contribution in [1.29, 1.82) is 0 Å². The van der Waals surface area contributed by atoms with Gasteiger partial charge in [-0.2, -0.15) is 0 Å². The molecule has 3 nitrogen and oxygen atoms in total. The lowest BCUT2D eigenvalue weighted by Gasteiger charge is -2.26. The van der Waals surface area contributed by atoms with Crippen LogP contribution in [0.4, 0.5) is 4.39 Å². The number of nitrogens with one attached hydrogen (secondary N) is 2. The molecular weight excluding hydrogens is 368 g/mol. The van der Waals surface area contributed by atoms with Gasteiger partial charge in [-0.3, -0.25) is 4.99 Å². The maximum Gasteiger partial charge on any atom is 0.191 e. The van der Waals surface area contributed by atoms with Gasteiger partial charge in [0.25, 0.3) is 0 Å². The number of halogens is 2. The Bertz CT molecular complexity index is 470. The van der Waals surface area contributed by atoms with Crippen molar-refractivity contribution in [3.8, 4) is 0 Å². The molecule has 1 aromatic rings. The molecule has 0 bridgehead atoms. The predicted molar refractivity (Wildman–Crippen MR) is 92.4 cm³/mol. The molecular formula is C15H23FIN3. The number of hydrogen-bond donors (Lipinski definition) is 2. The Morgan fingerprint density at radius 1 is 1.40 bits per heavy atom. The van der Waals surface area contributed by atoms with E-state index in [0.29, 0.717) is 12.6 Å². The molecule has 0 saturated heterocycles. The molecule has 1 saturated carbocycles. The molecule has 0 amide bonds. The fourth-order valence-electron chi connectivity index (χ4n) is 1.93. The summed E-state index contributed by atoms with van der Waals surface area (Å²) in [4.78, 5) is 4.20. The van der Waals surface area contributed by atoms with Gasteiger partial charge in [0, 0.05) is 25.0 Å². The van der Waals surface area contributed by atoms with Crippen molar-refractivity contribution >= 4 is 29.9 Å². The number of rotatable bonds is 4. The van der Waals surface area contributed by atoms with Gasteiger partial charge in [0.1, 0.15) is 5.82 Å². The van der Waals surface area contributed by atoms with Crippen molar-refractivity contribution in [3.05, 3.63) is 35.6 Å². The molecule has 0 radical (unpaired) electrons. The van der Waals surface area contributed by atoms with Crippen LogP contribution in [0, 0.1) is 5.82 Å². The van der Waals surface area contributed by atoms with Crippen LogP contribution in [0.5, 0.6) is 0 Å². The third-order valence-electron chi connectivity index (χ3n) is 3.45. The zero-order valence-electron chi connectivity index (χ0n) is 12.2. The Hall–Kier alpha value is -0.850. The van der Waals surface area contributed by atoms with Crippen LogP contribution in [0.15, 0.2) is 29.3 Å². The minimum Gasteiger partial charge on any atom is -0.356 e. The Morgan fingerprint density at radius 3 is 2.65 bits per heavy atom. The molecule has 2 rings (SSSR count). The van der Waals surface area contributed by atoms with Crippen molar-refractivity contribution in [2.45, 2.75) is 38.1 Å². The summed E-state index contributed by atoms with van der Waals surface area (Å²) in [7, 11) is 1.77. The van der Waals surface area contributed by atoms with Gasteiger partial charge in [-0.25, -0.2) is 4.39 Å². The van der Waals surface area contributed by atoms with E-state index >= 15 is 0 Å². The SMILES string of the molecule is CN=C(NCC(C)(C)c1cccc(F)c1)NC1CC1.I. The van der Waals surface area contributed by atoms with Crippen LogP contribution >= 0.6 is 24.0 Å². The minimum absolute atomic E-state index is 0. The second kappa shape index (κ2) is 7.24. The molecule has 0 atom stereocenters. The maximum atomic E-state index is 13.3. The van der Waals surface area contributed by atoms with E-state index in [1.165, 1.54) is 18.9 Å². The number of benzene rings is 1. The monoisotopic (exact) mass is 391 g/mol. The van der Waals surface area contributed by atoms with Gasteiger partial charge in [-0.1, -0.05) is 26.0 Å². The Morgan fingerprint density at radius 2 is 2.10 bits per heavy atom. The summed E-state index contributed by atoms with van der Waals surface area (Å²) < 4.78 is 13.3. The molecule has 1 aliphatic rings. The lowest BCUT2D eigenvalue weighted by molar-refractivity contribution is 0.503. The predicted octanol–water partition coefficient (Wildman–Crippen LogP) is 3.05. The average Bonchev–Trinajstić information content (AvgIpc) is 3.18. The first-order chi connectivity index (χ1) is 9.01. The lowest BCUT2D eigenvalue weighted by Crippen LogP contribution is -2.44. The summed E-state index contributed by atoms with van der Waals surface area (Å²) in [6.07, 6.45) is 2.43.